The quantitative estimate of drug-likeness (QED) is 0.854. The van der Waals surface area contributed by atoms with Crippen molar-refractivity contribution in [1.82, 2.24) is 0 Å². The summed E-state index contributed by atoms with van der Waals surface area (Å²) in [7, 11) is -0.867. The van der Waals surface area contributed by atoms with Crippen LogP contribution >= 0.6 is 0 Å². The highest BCUT2D eigenvalue weighted by atomic mass is 32.2. The van der Waals surface area contributed by atoms with Crippen molar-refractivity contribution in [1.29, 1.82) is 0 Å². The van der Waals surface area contributed by atoms with Crippen molar-refractivity contribution < 1.29 is 9.00 Å². The van der Waals surface area contributed by atoms with E-state index in [-0.39, 0.29) is 5.91 Å². The molecule has 0 spiro atoms. The summed E-state index contributed by atoms with van der Waals surface area (Å²) in [6.45, 7) is 1.99. The highest BCUT2D eigenvalue weighted by Gasteiger charge is 2.15. The molecule has 1 aliphatic carbocycles. The van der Waals surface area contributed by atoms with Crippen LogP contribution in [0.3, 0.4) is 0 Å². The average Bonchev–Trinajstić information content (AvgIpc) is 2.50. The van der Waals surface area contributed by atoms with E-state index in [0.717, 1.165) is 29.2 Å². The van der Waals surface area contributed by atoms with E-state index in [1.807, 2.05) is 25.1 Å². The molecule has 22 heavy (non-hydrogen) atoms. The molecule has 2 rings (SSSR count). The van der Waals surface area contributed by atoms with Gasteiger partial charge in [0.05, 0.1) is 0 Å². The van der Waals surface area contributed by atoms with Crippen LogP contribution in [-0.2, 0) is 21.3 Å². The molecular formula is C18H27NO2S. The summed E-state index contributed by atoms with van der Waals surface area (Å²) < 4.78 is 11.4. The van der Waals surface area contributed by atoms with Gasteiger partial charge in [-0.15, -0.1) is 0 Å². The fourth-order valence-electron chi connectivity index (χ4n) is 3.22. The Balaban J connectivity index is 1.89. The molecule has 0 bridgehead atoms. The first kappa shape index (κ1) is 17.2. The molecule has 1 saturated carbocycles. The van der Waals surface area contributed by atoms with Gasteiger partial charge in [0.15, 0.2) is 0 Å². The van der Waals surface area contributed by atoms with E-state index in [2.05, 4.69) is 5.32 Å². The second kappa shape index (κ2) is 8.47. The van der Waals surface area contributed by atoms with Gasteiger partial charge in [-0.25, -0.2) is 0 Å². The minimum absolute atomic E-state index is 0.100. The monoisotopic (exact) mass is 321 g/mol. The molecule has 3 nitrogen and oxygen atoms in total. The molecule has 0 aliphatic heterocycles. The first-order chi connectivity index (χ1) is 10.6. The van der Waals surface area contributed by atoms with Crippen LogP contribution in [0.15, 0.2) is 18.2 Å². The first-order valence-corrected chi connectivity index (χ1v) is 9.97. The van der Waals surface area contributed by atoms with Crippen molar-refractivity contribution in [3.8, 4) is 0 Å². The summed E-state index contributed by atoms with van der Waals surface area (Å²) in [6.07, 6.45) is 9.87. The second-order valence-corrected chi connectivity index (χ2v) is 7.83. The van der Waals surface area contributed by atoms with Crippen molar-refractivity contribution in [2.45, 2.75) is 57.6 Å². The SMILES string of the molecule is Cc1c(C[S@@](C)=O)cccc1NC(=O)CCC1CCCCC1. The molecule has 4 heteroatoms. The fraction of sp³-hybridized carbons (Fsp3) is 0.611. The van der Waals surface area contributed by atoms with Crippen molar-refractivity contribution >= 4 is 22.4 Å². The highest BCUT2D eigenvalue weighted by Crippen LogP contribution is 2.27. The molecule has 122 valence electrons. The molecule has 1 atom stereocenters. The molecule has 1 aromatic carbocycles. The Morgan fingerprint density at radius 1 is 1.27 bits per heavy atom. The second-order valence-electron chi connectivity index (χ2n) is 6.40. The molecule has 1 amide bonds. The lowest BCUT2D eigenvalue weighted by atomic mass is 9.86. The van der Waals surface area contributed by atoms with Gasteiger partial charge in [-0.3, -0.25) is 9.00 Å². The van der Waals surface area contributed by atoms with Crippen LogP contribution in [0.4, 0.5) is 5.69 Å². The van der Waals surface area contributed by atoms with E-state index in [4.69, 9.17) is 0 Å². The van der Waals surface area contributed by atoms with E-state index in [1.165, 1.54) is 32.1 Å². The zero-order valence-corrected chi connectivity index (χ0v) is 14.5. The third kappa shape index (κ3) is 5.24. The molecule has 0 unspecified atom stereocenters. The van der Waals surface area contributed by atoms with E-state index in [1.54, 1.807) is 6.26 Å². The topological polar surface area (TPSA) is 46.2 Å². The van der Waals surface area contributed by atoms with Gasteiger partial charge < -0.3 is 5.32 Å². The zero-order chi connectivity index (χ0) is 15.9. The molecule has 0 aromatic heterocycles. The predicted octanol–water partition coefficient (Wildman–Crippen LogP) is 4.17. The van der Waals surface area contributed by atoms with Gasteiger partial charge in [0.1, 0.15) is 0 Å². The number of amides is 1. The Morgan fingerprint density at radius 2 is 2.00 bits per heavy atom. The molecule has 1 fully saturated rings. The molecule has 1 aromatic rings. The van der Waals surface area contributed by atoms with Crippen LogP contribution in [-0.4, -0.2) is 16.4 Å². The Bertz CT molecular complexity index is 536. The number of benzene rings is 1. The Labute approximate surface area is 136 Å². The summed E-state index contributed by atoms with van der Waals surface area (Å²) in [5.74, 6) is 1.37. The normalized spacial score (nSPS) is 17.2. The van der Waals surface area contributed by atoms with Gasteiger partial charge in [0, 0.05) is 34.9 Å². The van der Waals surface area contributed by atoms with E-state index >= 15 is 0 Å². The van der Waals surface area contributed by atoms with Crippen LogP contribution < -0.4 is 5.32 Å². The van der Waals surface area contributed by atoms with Crippen LogP contribution in [0.1, 0.15) is 56.1 Å². The lowest BCUT2D eigenvalue weighted by Crippen LogP contribution is -2.15. The number of anilines is 1. The number of hydrogen-bond donors (Lipinski definition) is 1. The number of hydrogen-bond acceptors (Lipinski definition) is 2. The van der Waals surface area contributed by atoms with Crippen LogP contribution in [0.25, 0.3) is 0 Å². The van der Waals surface area contributed by atoms with Crippen molar-refractivity contribution in [2.24, 2.45) is 5.92 Å². The molecule has 1 aliphatic rings. The smallest absolute Gasteiger partial charge is 0.224 e. The highest BCUT2D eigenvalue weighted by molar-refractivity contribution is 7.83. The molecular weight excluding hydrogens is 294 g/mol. The molecule has 1 N–H and O–H groups in total. The summed E-state index contributed by atoms with van der Waals surface area (Å²) in [4.78, 5) is 12.2. The summed E-state index contributed by atoms with van der Waals surface area (Å²) in [5.41, 5.74) is 2.94. The maximum absolute atomic E-state index is 12.2. The van der Waals surface area contributed by atoms with Gasteiger partial charge in [0.25, 0.3) is 0 Å². The molecule has 0 saturated heterocycles. The van der Waals surface area contributed by atoms with Gasteiger partial charge in [-0.1, -0.05) is 44.2 Å². The number of rotatable bonds is 6. The van der Waals surface area contributed by atoms with E-state index in [9.17, 15) is 9.00 Å². The van der Waals surface area contributed by atoms with Crippen molar-refractivity contribution in [3.05, 3.63) is 29.3 Å². The molecule has 0 heterocycles. The van der Waals surface area contributed by atoms with Crippen LogP contribution in [0.5, 0.6) is 0 Å². The average molecular weight is 321 g/mol. The summed E-state index contributed by atoms with van der Waals surface area (Å²) in [5, 5.41) is 3.03. The van der Waals surface area contributed by atoms with Gasteiger partial charge >= 0.3 is 0 Å². The number of carbonyl (C=O) groups is 1. The minimum Gasteiger partial charge on any atom is -0.326 e. The Kier molecular flexibility index (Phi) is 6.62. The molecule has 0 radical (unpaired) electrons. The van der Waals surface area contributed by atoms with Gasteiger partial charge in [0.2, 0.25) is 5.91 Å². The van der Waals surface area contributed by atoms with Gasteiger partial charge in [-0.2, -0.15) is 0 Å². The van der Waals surface area contributed by atoms with E-state index < -0.39 is 10.8 Å². The summed E-state index contributed by atoms with van der Waals surface area (Å²) >= 11 is 0. The number of carbonyl (C=O) groups excluding carboxylic acids is 1. The lowest BCUT2D eigenvalue weighted by Gasteiger charge is -2.21. The third-order valence-electron chi connectivity index (χ3n) is 4.58. The van der Waals surface area contributed by atoms with Crippen molar-refractivity contribution in [2.75, 3.05) is 11.6 Å². The first-order valence-electron chi connectivity index (χ1n) is 8.24. The number of nitrogens with one attached hydrogen (secondary N) is 1. The van der Waals surface area contributed by atoms with Crippen molar-refractivity contribution in [3.63, 3.8) is 0 Å². The predicted molar refractivity (Wildman–Crippen MR) is 93.4 cm³/mol. The fourth-order valence-corrected chi connectivity index (χ4v) is 3.97. The summed E-state index contributed by atoms with van der Waals surface area (Å²) in [6, 6.07) is 5.83. The maximum Gasteiger partial charge on any atom is 0.224 e. The third-order valence-corrected chi connectivity index (χ3v) is 5.30. The Morgan fingerprint density at radius 3 is 2.68 bits per heavy atom. The van der Waals surface area contributed by atoms with Crippen LogP contribution in [0, 0.1) is 12.8 Å². The maximum atomic E-state index is 12.2. The minimum atomic E-state index is -0.867. The van der Waals surface area contributed by atoms with Gasteiger partial charge in [-0.05, 0) is 36.5 Å². The largest absolute Gasteiger partial charge is 0.326 e. The lowest BCUT2D eigenvalue weighted by molar-refractivity contribution is -0.116. The standard InChI is InChI=1S/C18H27NO2S/c1-14-16(13-22(2)21)9-6-10-17(14)19-18(20)12-11-15-7-4-3-5-8-15/h6,9-10,15H,3-5,7-8,11-13H2,1-2H3,(H,19,20)/t22-/m1/s1. The van der Waals surface area contributed by atoms with Crippen LogP contribution in [0.2, 0.25) is 0 Å². The Hall–Kier alpha value is -1.16. The van der Waals surface area contributed by atoms with E-state index in [0.29, 0.717) is 12.2 Å². The zero-order valence-electron chi connectivity index (χ0n) is 13.7.